The molecule has 1 unspecified atom stereocenters. The van der Waals surface area contributed by atoms with Gasteiger partial charge in [0.15, 0.2) is 0 Å². The fourth-order valence-electron chi connectivity index (χ4n) is 4.02. The normalized spacial score (nSPS) is 19.8. The van der Waals surface area contributed by atoms with Crippen LogP contribution < -0.4 is 4.90 Å². The Bertz CT molecular complexity index is 621. The van der Waals surface area contributed by atoms with E-state index >= 15 is 0 Å². The highest BCUT2D eigenvalue weighted by Gasteiger charge is 2.36. The summed E-state index contributed by atoms with van der Waals surface area (Å²) < 4.78 is 0. The van der Waals surface area contributed by atoms with Gasteiger partial charge in [0.25, 0.3) is 0 Å². The van der Waals surface area contributed by atoms with Gasteiger partial charge in [0.2, 0.25) is 11.8 Å². The zero-order chi connectivity index (χ0) is 18.5. The topological polar surface area (TPSA) is 43.9 Å². The zero-order valence-electron chi connectivity index (χ0n) is 16.1. The fraction of sp³-hybridized carbons (Fsp3) is 0.619. The Labute approximate surface area is 156 Å². The smallest absolute Gasteiger partial charge is 0.245 e. The Kier molecular flexibility index (Phi) is 6.17. The van der Waals surface area contributed by atoms with Gasteiger partial charge in [0, 0.05) is 45.8 Å². The largest absolute Gasteiger partial charge is 0.378 e. The van der Waals surface area contributed by atoms with Gasteiger partial charge < -0.3 is 14.7 Å². The van der Waals surface area contributed by atoms with Crippen molar-refractivity contribution in [3.63, 3.8) is 0 Å². The highest BCUT2D eigenvalue weighted by atomic mass is 16.2. The molecule has 0 spiro atoms. The minimum Gasteiger partial charge on any atom is -0.378 e. The number of carbonyl (C=O) groups excluding carboxylic acids is 2. The van der Waals surface area contributed by atoms with Crippen molar-refractivity contribution in [1.29, 1.82) is 0 Å². The number of hydrogen-bond donors (Lipinski definition) is 0. The summed E-state index contributed by atoms with van der Waals surface area (Å²) in [4.78, 5) is 31.2. The van der Waals surface area contributed by atoms with Crippen LogP contribution in [0.3, 0.4) is 0 Å². The van der Waals surface area contributed by atoms with E-state index in [9.17, 15) is 9.59 Å². The first-order valence-corrected chi connectivity index (χ1v) is 9.91. The maximum Gasteiger partial charge on any atom is 0.245 e. The van der Waals surface area contributed by atoms with E-state index in [-0.39, 0.29) is 17.9 Å². The minimum atomic E-state index is -0.208. The fourth-order valence-corrected chi connectivity index (χ4v) is 4.02. The van der Waals surface area contributed by atoms with Crippen LogP contribution in [0.4, 0.5) is 5.69 Å². The third kappa shape index (κ3) is 4.37. The van der Waals surface area contributed by atoms with Crippen molar-refractivity contribution in [3.05, 3.63) is 29.8 Å². The van der Waals surface area contributed by atoms with Crippen molar-refractivity contribution in [1.82, 2.24) is 9.80 Å². The molecule has 26 heavy (non-hydrogen) atoms. The van der Waals surface area contributed by atoms with Gasteiger partial charge in [-0.05, 0) is 56.2 Å². The van der Waals surface area contributed by atoms with Crippen molar-refractivity contribution in [2.45, 2.75) is 51.0 Å². The quantitative estimate of drug-likeness (QED) is 0.786. The molecule has 0 radical (unpaired) electrons. The van der Waals surface area contributed by atoms with E-state index in [0.29, 0.717) is 6.42 Å². The molecule has 0 aliphatic carbocycles. The van der Waals surface area contributed by atoms with Crippen LogP contribution in [-0.2, 0) is 16.0 Å². The summed E-state index contributed by atoms with van der Waals surface area (Å²) in [7, 11) is 4.06. The number of likely N-dealkylation sites (tertiary alicyclic amines) is 2. The predicted octanol–water partition coefficient (Wildman–Crippen LogP) is 2.69. The van der Waals surface area contributed by atoms with E-state index in [1.807, 2.05) is 23.9 Å². The average molecular weight is 357 g/mol. The molecule has 2 aliphatic heterocycles. The van der Waals surface area contributed by atoms with Gasteiger partial charge in [-0.25, -0.2) is 0 Å². The number of benzene rings is 1. The molecule has 1 aromatic carbocycles. The number of rotatable bonds is 6. The van der Waals surface area contributed by atoms with Crippen LogP contribution in [-0.4, -0.2) is 61.4 Å². The molecule has 1 aromatic rings. The summed E-state index contributed by atoms with van der Waals surface area (Å²) in [6.07, 6.45) is 6.23. The Hall–Kier alpha value is -2.04. The third-order valence-corrected chi connectivity index (χ3v) is 5.58. The third-order valence-electron chi connectivity index (χ3n) is 5.58. The molecule has 2 aliphatic rings. The van der Waals surface area contributed by atoms with Gasteiger partial charge in [0.1, 0.15) is 6.04 Å². The molecule has 142 valence electrons. The van der Waals surface area contributed by atoms with E-state index in [1.165, 1.54) is 11.3 Å². The number of aryl methyl sites for hydroxylation is 1. The first kappa shape index (κ1) is 18.7. The second-order valence-corrected chi connectivity index (χ2v) is 7.69. The summed E-state index contributed by atoms with van der Waals surface area (Å²) in [6, 6.07) is 8.29. The molecule has 2 saturated heterocycles. The van der Waals surface area contributed by atoms with Crippen LogP contribution in [0.25, 0.3) is 0 Å². The standard InChI is InChI=1S/C21H31N3O2/c1-22(2)18-12-10-17(11-13-18)7-5-9-20(25)24-16-6-8-19(24)21(26)23-14-3-4-15-23/h10-13,19H,3-9,14-16H2,1-2H3. The Balaban J connectivity index is 1.48. The summed E-state index contributed by atoms with van der Waals surface area (Å²) in [5, 5.41) is 0. The summed E-state index contributed by atoms with van der Waals surface area (Å²) in [6.45, 7) is 2.46. The molecule has 2 fully saturated rings. The van der Waals surface area contributed by atoms with E-state index < -0.39 is 0 Å². The molecule has 0 bridgehead atoms. The number of amides is 2. The molecule has 2 amide bonds. The lowest BCUT2D eigenvalue weighted by Crippen LogP contribution is -2.46. The van der Waals surface area contributed by atoms with Crippen molar-refractivity contribution in [3.8, 4) is 0 Å². The summed E-state index contributed by atoms with van der Waals surface area (Å²) in [5.41, 5.74) is 2.44. The average Bonchev–Trinajstić information content (AvgIpc) is 3.33. The molecule has 1 atom stereocenters. The minimum absolute atomic E-state index is 0.143. The zero-order valence-corrected chi connectivity index (χ0v) is 16.1. The second kappa shape index (κ2) is 8.56. The van der Waals surface area contributed by atoms with Gasteiger partial charge in [-0.3, -0.25) is 9.59 Å². The molecular weight excluding hydrogens is 326 g/mol. The molecule has 0 N–H and O–H groups in total. The molecule has 5 nitrogen and oxygen atoms in total. The first-order valence-electron chi connectivity index (χ1n) is 9.91. The van der Waals surface area contributed by atoms with Crippen molar-refractivity contribution in [2.75, 3.05) is 38.6 Å². The molecule has 2 heterocycles. The van der Waals surface area contributed by atoms with E-state index in [4.69, 9.17) is 0 Å². The van der Waals surface area contributed by atoms with Crippen LogP contribution in [0.15, 0.2) is 24.3 Å². The van der Waals surface area contributed by atoms with E-state index in [1.54, 1.807) is 0 Å². The molecule has 0 aromatic heterocycles. The number of hydrogen-bond acceptors (Lipinski definition) is 3. The van der Waals surface area contributed by atoms with Crippen LogP contribution in [0.5, 0.6) is 0 Å². The van der Waals surface area contributed by atoms with Gasteiger partial charge in [-0.2, -0.15) is 0 Å². The monoisotopic (exact) mass is 357 g/mol. The van der Waals surface area contributed by atoms with Crippen molar-refractivity contribution >= 4 is 17.5 Å². The Morgan fingerprint density at radius 2 is 1.73 bits per heavy atom. The lowest BCUT2D eigenvalue weighted by Gasteiger charge is -2.27. The summed E-state index contributed by atoms with van der Waals surface area (Å²) in [5.74, 6) is 0.317. The van der Waals surface area contributed by atoms with Crippen LogP contribution in [0, 0.1) is 0 Å². The highest BCUT2D eigenvalue weighted by Crippen LogP contribution is 2.23. The molecule has 3 rings (SSSR count). The van der Waals surface area contributed by atoms with Crippen LogP contribution in [0.2, 0.25) is 0 Å². The SMILES string of the molecule is CN(C)c1ccc(CCCC(=O)N2CCCC2C(=O)N2CCCC2)cc1. The predicted molar refractivity (Wildman–Crippen MR) is 104 cm³/mol. The first-order chi connectivity index (χ1) is 12.6. The highest BCUT2D eigenvalue weighted by molar-refractivity contribution is 5.88. The lowest BCUT2D eigenvalue weighted by molar-refractivity contribution is -0.143. The van der Waals surface area contributed by atoms with Gasteiger partial charge in [-0.15, -0.1) is 0 Å². The number of nitrogens with zero attached hydrogens (tertiary/aromatic N) is 3. The second-order valence-electron chi connectivity index (χ2n) is 7.69. The Morgan fingerprint density at radius 3 is 2.38 bits per heavy atom. The maximum absolute atomic E-state index is 12.7. The lowest BCUT2D eigenvalue weighted by atomic mass is 10.1. The van der Waals surface area contributed by atoms with Crippen LogP contribution >= 0.6 is 0 Å². The summed E-state index contributed by atoms with van der Waals surface area (Å²) >= 11 is 0. The molecular formula is C21H31N3O2. The Morgan fingerprint density at radius 1 is 1.04 bits per heavy atom. The number of carbonyl (C=O) groups is 2. The van der Waals surface area contributed by atoms with Gasteiger partial charge in [-0.1, -0.05) is 12.1 Å². The van der Waals surface area contributed by atoms with Gasteiger partial charge in [0.05, 0.1) is 0 Å². The van der Waals surface area contributed by atoms with Crippen molar-refractivity contribution in [2.24, 2.45) is 0 Å². The van der Waals surface area contributed by atoms with Crippen LogP contribution in [0.1, 0.15) is 44.1 Å². The molecule has 0 saturated carbocycles. The van der Waals surface area contributed by atoms with E-state index in [2.05, 4.69) is 29.2 Å². The van der Waals surface area contributed by atoms with Crippen molar-refractivity contribution < 1.29 is 9.59 Å². The maximum atomic E-state index is 12.7. The number of anilines is 1. The molecule has 5 heteroatoms. The van der Waals surface area contributed by atoms with E-state index in [0.717, 1.165) is 58.2 Å². The van der Waals surface area contributed by atoms with Gasteiger partial charge >= 0.3 is 0 Å².